The molecule has 7 nitrogen and oxygen atoms in total. The van der Waals surface area contributed by atoms with Crippen molar-refractivity contribution in [1.29, 1.82) is 0 Å². The van der Waals surface area contributed by atoms with E-state index in [4.69, 9.17) is 5.11 Å². The van der Waals surface area contributed by atoms with Gasteiger partial charge in [-0.3, -0.25) is 14.4 Å². The van der Waals surface area contributed by atoms with Crippen molar-refractivity contribution >= 4 is 23.4 Å². The third-order valence-corrected chi connectivity index (χ3v) is 3.59. The molecule has 0 aliphatic heterocycles. The number of hydrogen-bond donors (Lipinski definition) is 4. The number of carbonyl (C=O) groups is 3. The fourth-order valence-corrected chi connectivity index (χ4v) is 1.99. The SMILES string of the molecule is CC[C@@H](CO)NC(=O)C(=O)Nc1ccccc1C(=O)NC1CC1. The van der Waals surface area contributed by atoms with Crippen LogP contribution in [0.4, 0.5) is 5.69 Å². The standard InChI is InChI=1S/C16H21N3O4/c1-2-10(9-20)17-15(22)16(23)19-13-6-4-3-5-12(13)14(21)18-11-7-8-11/h3-6,10-11,20H,2,7-9H2,1H3,(H,17,22)(H,18,21)(H,19,23)/t10-/m0/s1. The summed E-state index contributed by atoms with van der Waals surface area (Å²) in [6.45, 7) is 1.55. The van der Waals surface area contributed by atoms with Crippen molar-refractivity contribution in [3.05, 3.63) is 29.8 Å². The van der Waals surface area contributed by atoms with Crippen molar-refractivity contribution in [1.82, 2.24) is 10.6 Å². The van der Waals surface area contributed by atoms with Crippen LogP contribution in [0, 0.1) is 0 Å². The van der Waals surface area contributed by atoms with Crippen LogP contribution in [0.1, 0.15) is 36.5 Å². The second-order valence-electron chi connectivity index (χ2n) is 5.51. The van der Waals surface area contributed by atoms with Gasteiger partial charge in [0, 0.05) is 6.04 Å². The van der Waals surface area contributed by atoms with Gasteiger partial charge < -0.3 is 21.1 Å². The Morgan fingerprint density at radius 1 is 1.22 bits per heavy atom. The molecular formula is C16H21N3O4. The highest BCUT2D eigenvalue weighted by atomic mass is 16.3. The first kappa shape index (κ1) is 17.0. The van der Waals surface area contributed by atoms with E-state index in [0.29, 0.717) is 12.0 Å². The van der Waals surface area contributed by atoms with Crippen LogP contribution in [0.15, 0.2) is 24.3 Å². The second-order valence-corrected chi connectivity index (χ2v) is 5.51. The zero-order chi connectivity index (χ0) is 16.8. The van der Waals surface area contributed by atoms with Crippen molar-refractivity contribution in [3.63, 3.8) is 0 Å². The smallest absolute Gasteiger partial charge is 0.313 e. The molecule has 0 spiro atoms. The molecule has 7 heteroatoms. The number of rotatable bonds is 6. The summed E-state index contributed by atoms with van der Waals surface area (Å²) < 4.78 is 0. The Morgan fingerprint density at radius 2 is 1.91 bits per heavy atom. The van der Waals surface area contributed by atoms with Gasteiger partial charge >= 0.3 is 11.8 Å². The summed E-state index contributed by atoms with van der Waals surface area (Å²) >= 11 is 0. The van der Waals surface area contributed by atoms with Crippen LogP contribution in [0.5, 0.6) is 0 Å². The lowest BCUT2D eigenvalue weighted by atomic mass is 10.1. The zero-order valence-electron chi connectivity index (χ0n) is 13.0. The van der Waals surface area contributed by atoms with Crippen LogP contribution >= 0.6 is 0 Å². The number of benzene rings is 1. The molecule has 3 amide bonds. The highest BCUT2D eigenvalue weighted by Gasteiger charge is 2.25. The molecular weight excluding hydrogens is 298 g/mol. The van der Waals surface area contributed by atoms with Gasteiger partial charge in [0.25, 0.3) is 5.91 Å². The van der Waals surface area contributed by atoms with Crippen LogP contribution < -0.4 is 16.0 Å². The van der Waals surface area contributed by atoms with E-state index in [1.807, 2.05) is 0 Å². The fourth-order valence-electron chi connectivity index (χ4n) is 1.99. The van der Waals surface area contributed by atoms with E-state index in [9.17, 15) is 14.4 Å². The van der Waals surface area contributed by atoms with E-state index in [2.05, 4.69) is 16.0 Å². The van der Waals surface area contributed by atoms with Gasteiger partial charge in [-0.15, -0.1) is 0 Å². The minimum atomic E-state index is -0.872. The molecule has 0 radical (unpaired) electrons. The van der Waals surface area contributed by atoms with Crippen LogP contribution in [0.2, 0.25) is 0 Å². The lowest BCUT2D eigenvalue weighted by molar-refractivity contribution is -0.136. The minimum absolute atomic E-state index is 0.199. The maximum absolute atomic E-state index is 12.1. The Kier molecular flexibility index (Phi) is 5.70. The van der Waals surface area contributed by atoms with Crippen molar-refractivity contribution in [2.45, 2.75) is 38.3 Å². The summed E-state index contributed by atoms with van der Waals surface area (Å²) in [6, 6.07) is 6.25. The third kappa shape index (κ3) is 4.79. The number of amides is 3. The number of anilines is 1. The molecule has 0 saturated heterocycles. The molecule has 4 N–H and O–H groups in total. The molecule has 1 atom stereocenters. The van der Waals surface area contributed by atoms with E-state index >= 15 is 0 Å². The lowest BCUT2D eigenvalue weighted by Crippen LogP contribution is -2.43. The topological polar surface area (TPSA) is 108 Å². The summed E-state index contributed by atoms with van der Waals surface area (Å²) in [5.74, 6) is -1.99. The normalized spacial score (nSPS) is 14.7. The lowest BCUT2D eigenvalue weighted by Gasteiger charge is -2.14. The molecule has 2 rings (SSSR count). The Bertz CT molecular complexity index is 595. The molecule has 0 heterocycles. The summed E-state index contributed by atoms with van der Waals surface area (Å²) in [5, 5.41) is 16.8. The quantitative estimate of drug-likeness (QED) is 0.569. The van der Waals surface area contributed by atoms with Crippen molar-refractivity contribution in [2.24, 2.45) is 0 Å². The average molecular weight is 319 g/mol. The number of aliphatic hydroxyl groups excluding tert-OH is 1. The molecule has 0 unspecified atom stereocenters. The zero-order valence-corrected chi connectivity index (χ0v) is 13.0. The van der Waals surface area contributed by atoms with Crippen LogP contribution in [-0.4, -0.2) is 41.5 Å². The molecule has 23 heavy (non-hydrogen) atoms. The largest absolute Gasteiger partial charge is 0.394 e. The van der Waals surface area contributed by atoms with Gasteiger partial charge in [0.05, 0.1) is 23.9 Å². The third-order valence-electron chi connectivity index (χ3n) is 3.59. The Balaban J connectivity index is 2.02. The molecule has 1 aromatic carbocycles. The monoisotopic (exact) mass is 319 g/mol. The summed E-state index contributed by atoms with van der Waals surface area (Å²) in [4.78, 5) is 35.9. The first-order valence-corrected chi connectivity index (χ1v) is 7.67. The maximum Gasteiger partial charge on any atom is 0.313 e. The average Bonchev–Trinajstić information content (AvgIpc) is 3.36. The van der Waals surface area contributed by atoms with E-state index in [1.54, 1.807) is 31.2 Å². The number of nitrogens with one attached hydrogen (secondary N) is 3. The summed E-state index contributed by atoms with van der Waals surface area (Å²) in [7, 11) is 0. The molecule has 1 aliphatic rings. The highest BCUT2D eigenvalue weighted by Crippen LogP contribution is 2.21. The number of hydrogen-bond acceptors (Lipinski definition) is 4. The van der Waals surface area contributed by atoms with E-state index < -0.39 is 17.9 Å². The highest BCUT2D eigenvalue weighted by molar-refractivity contribution is 6.40. The molecule has 124 valence electrons. The number of para-hydroxylation sites is 1. The van der Waals surface area contributed by atoms with Crippen molar-refractivity contribution in [3.8, 4) is 0 Å². The Hall–Kier alpha value is -2.41. The van der Waals surface area contributed by atoms with Gasteiger partial charge in [0.15, 0.2) is 0 Å². The molecule has 1 fully saturated rings. The van der Waals surface area contributed by atoms with Gasteiger partial charge in [0.2, 0.25) is 0 Å². The fraction of sp³-hybridized carbons (Fsp3) is 0.438. The summed E-state index contributed by atoms with van der Waals surface area (Å²) in [5.41, 5.74) is 0.595. The molecule has 1 aromatic rings. The molecule has 0 bridgehead atoms. The summed E-state index contributed by atoms with van der Waals surface area (Å²) in [6.07, 6.45) is 2.43. The second kappa shape index (κ2) is 7.73. The Morgan fingerprint density at radius 3 is 2.52 bits per heavy atom. The molecule has 0 aromatic heterocycles. The molecule has 1 saturated carbocycles. The van der Waals surface area contributed by atoms with E-state index in [0.717, 1.165) is 12.8 Å². The molecule has 1 aliphatic carbocycles. The number of carbonyl (C=O) groups excluding carboxylic acids is 3. The van der Waals surface area contributed by atoms with Crippen LogP contribution in [-0.2, 0) is 9.59 Å². The predicted octanol–water partition coefficient (Wildman–Crippen LogP) is 0.404. The van der Waals surface area contributed by atoms with Gasteiger partial charge in [-0.1, -0.05) is 19.1 Å². The van der Waals surface area contributed by atoms with E-state index in [-0.39, 0.29) is 24.2 Å². The predicted molar refractivity (Wildman–Crippen MR) is 84.9 cm³/mol. The van der Waals surface area contributed by atoms with Crippen molar-refractivity contribution in [2.75, 3.05) is 11.9 Å². The van der Waals surface area contributed by atoms with Crippen molar-refractivity contribution < 1.29 is 19.5 Å². The van der Waals surface area contributed by atoms with Crippen LogP contribution in [0.25, 0.3) is 0 Å². The van der Waals surface area contributed by atoms with Crippen LogP contribution in [0.3, 0.4) is 0 Å². The first-order valence-electron chi connectivity index (χ1n) is 7.67. The maximum atomic E-state index is 12.1. The minimum Gasteiger partial charge on any atom is -0.394 e. The van der Waals surface area contributed by atoms with E-state index in [1.165, 1.54) is 0 Å². The van der Waals surface area contributed by atoms with Gasteiger partial charge in [-0.2, -0.15) is 0 Å². The van der Waals surface area contributed by atoms with Gasteiger partial charge in [-0.05, 0) is 31.4 Å². The van der Waals surface area contributed by atoms with Gasteiger partial charge in [-0.25, -0.2) is 0 Å². The number of aliphatic hydroxyl groups is 1. The van der Waals surface area contributed by atoms with Gasteiger partial charge in [0.1, 0.15) is 0 Å². The Labute approximate surface area is 134 Å². The first-order chi connectivity index (χ1) is 11.0.